The van der Waals surface area contributed by atoms with Crippen molar-refractivity contribution in [2.24, 2.45) is 5.92 Å². The summed E-state index contributed by atoms with van der Waals surface area (Å²) in [6.45, 7) is 3.37. The number of anilines is 2. The second-order valence-corrected chi connectivity index (χ2v) is 4.20. The first kappa shape index (κ1) is 14.3. The normalized spacial score (nSPS) is 11.9. The zero-order valence-electron chi connectivity index (χ0n) is 11.0. The Labute approximate surface area is 107 Å². The number of nitrogens with two attached hydrogens (primary N) is 1. The van der Waals surface area contributed by atoms with Crippen LogP contribution in [-0.4, -0.2) is 33.3 Å². The maximum atomic E-state index is 11.6. The van der Waals surface area contributed by atoms with E-state index in [4.69, 9.17) is 15.2 Å². The Hall–Kier alpha value is -1.75. The molecule has 0 heterocycles. The van der Waals surface area contributed by atoms with Crippen LogP contribution in [0.1, 0.15) is 17.3 Å². The Balaban J connectivity index is 2.83. The fourth-order valence-corrected chi connectivity index (χ4v) is 1.67. The summed E-state index contributed by atoms with van der Waals surface area (Å²) in [6, 6.07) is 5.16. The summed E-state index contributed by atoms with van der Waals surface area (Å²) in [7, 11) is 3.01. The fourth-order valence-electron chi connectivity index (χ4n) is 1.67. The number of carbonyl (C=O) groups excluding carboxylic acids is 1. The fraction of sp³-hybridized carbons (Fsp3) is 0.462. The van der Waals surface area contributed by atoms with Crippen molar-refractivity contribution in [2.45, 2.75) is 6.92 Å². The second kappa shape index (κ2) is 6.86. The number of hydrogen-bond donors (Lipinski definition) is 2. The molecule has 0 aliphatic heterocycles. The zero-order chi connectivity index (χ0) is 13.5. The molecule has 1 aromatic carbocycles. The van der Waals surface area contributed by atoms with Crippen LogP contribution < -0.4 is 11.1 Å². The predicted molar refractivity (Wildman–Crippen MR) is 71.7 cm³/mol. The van der Waals surface area contributed by atoms with Crippen molar-refractivity contribution in [2.75, 3.05) is 38.4 Å². The minimum Gasteiger partial charge on any atom is -0.465 e. The van der Waals surface area contributed by atoms with Gasteiger partial charge >= 0.3 is 5.97 Å². The highest BCUT2D eigenvalue weighted by Crippen LogP contribution is 2.24. The molecule has 0 saturated carbocycles. The van der Waals surface area contributed by atoms with Crippen LogP contribution in [0.5, 0.6) is 0 Å². The highest BCUT2D eigenvalue weighted by Gasteiger charge is 2.14. The van der Waals surface area contributed by atoms with E-state index in [1.54, 1.807) is 25.3 Å². The summed E-state index contributed by atoms with van der Waals surface area (Å²) < 4.78 is 9.79. The largest absolute Gasteiger partial charge is 0.465 e. The quantitative estimate of drug-likeness (QED) is 0.596. The smallest absolute Gasteiger partial charge is 0.340 e. The molecule has 1 atom stereocenters. The highest BCUT2D eigenvalue weighted by atomic mass is 16.5. The third-order valence-corrected chi connectivity index (χ3v) is 2.58. The van der Waals surface area contributed by atoms with Gasteiger partial charge in [0.25, 0.3) is 0 Å². The summed E-state index contributed by atoms with van der Waals surface area (Å²) in [6.07, 6.45) is 0. The standard InChI is InChI=1S/C13H20N2O3/c1-9(8-17-2)7-15-12-10(13(16)18-3)5-4-6-11(12)14/h4-6,9,15H,7-8,14H2,1-3H3. The number of para-hydroxylation sites is 1. The van der Waals surface area contributed by atoms with Crippen molar-refractivity contribution in [3.05, 3.63) is 23.8 Å². The van der Waals surface area contributed by atoms with E-state index in [-0.39, 0.29) is 0 Å². The molecule has 0 bridgehead atoms. The lowest BCUT2D eigenvalue weighted by Crippen LogP contribution is -2.18. The third-order valence-electron chi connectivity index (χ3n) is 2.58. The van der Waals surface area contributed by atoms with Crippen LogP contribution >= 0.6 is 0 Å². The number of carbonyl (C=O) groups is 1. The molecule has 18 heavy (non-hydrogen) atoms. The van der Waals surface area contributed by atoms with E-state index in [1.165, 1.54) is 7.11 Å². The maximum absolute atomic E-state index is 11.6. The molecule has 0 aliphatic carbocycles. The van der Waals surface area contributed by atoms with E-state index in [0.717, 1.165) is 0 Å². The summed E-state index contributed by atoms with van der Waals surface area (Å²) in [5.74, 6) is -0.0794. The van der Waals surface area contributed by atoms with Gasteiger partial charge in [0, 0.05) is 13.7 Å². The Morgan fingerprint density at radius 1 is 1.44 bits per heavy atom. The van der Waals surface area contributed by atoms with Gasteiger partial charge in [-0.3, -0.25) is 0 Å². The number of nitrogen functional groups attached to an aromatic ring is 1. The van der Waals surface area contributed by atoms with Crippen molar-refractivity contribution in [3.63, 3.8) is 0 Å². The van der Waals surface area contributed by atoms with E-state index in [0.29, 0.717) is 36.0 Å². The summed E-state index contributed by atoms with van der Waals surface area (Å²) >= 11 is 0. The van der Waals surface area contributed by atoms with Crippen LogP contribution in [0.2, 0.25) is 0 Å². The van der Waals surface area contributed by atoms with Crippen LogP contribution in [-0.2, 0) is 9.47 Å². The molecule has 5 heteroatoms. The lowest BCUT2D eigenvalue weighted by atomic mass is 10.1. The topological polar surface area (TPSA) is 73.6 Å². The van der Waals surface area contributed by atoms with E-state index in [1.807, 2.05) is 6.92 Å². The molecule has 1 rings (SSSR count). The number of nitrogens with one attached hydrogen (secondary N) is 1. The van der Waals surface area contributed by atoms with Crippen LogP contribution in [0.25, 0.3) is 0 Å². The Kier molecular flexibility index (Phi) is 5.45. The maximum Gasteiger partial charge on any atom is 0.340 e. The Bertz CT molecular complexity index is 407. The van der Waals surface area contributed by atoms with Crippen molar-refractivity contribution < 1.29 is 14.3 Å². The molecule has 3 N–H and O–H groups in total. The molecular weight excluding hydrogens is 232 g/mol. The minimum absolute atomic E-state index is 0.320. The minimum atomic E-state index is -0.399. The molecule has 0 saturated heterocycles. The van der Waals surface area contributed by atoms with Crippen molar-refractivity contribution >= 4 is 17.3 Å². The zero-order valence-corrected chi connectivity index (χ0v) is 11.0. The first-order chi connectivity index (χ1) is 8.60. The van der Waals surface area contributed by atoms with Gasteiger partial charge in [-0.2, -0.15) is 0 Å². The summed E-state index contributed by atoms with van der Waals surface area (Å²) in [4.78, 5) is 11.6. The first-order valence-electron chi connectivity index (χ1n) is 5.79. The van der Waals surface area contributed by atoms with Crippen LogP contribution in [0, 0.1) is 5.92 Å². The molecule has 0 radical (unpaired) electrons. The van der Waals surface area contributed by atoms with Crippen molar-refractivity contribution in [1.29, 1.82) is 0 Å². The van der Waals surface area contributed by atoms with Gasteiger partial charge in [-0.1, -0.05) is 13.0 Å². The number of hydrogen-bond acceptors (Lipinski definition) is 5. The number of esters is 1. The number of ether oxygens (including phenoxy) is 2. The SMILES string of the molecule is COCC(C)CNc1c(N)cccc1C(=O)OC. The molecule has 0 fully saturated rings. The van der Waals surface area contributed by atoms with Crippen LogP contribution in [0.3, 0.4) is 0 Å². The Morgan fingerprint density at radius 3 is 2.78 bits per heavy atom. The monoisotopic (exact) mass is 252 g/mol. The van der Waals surface area contributed by atoms with E-state index in [9.17, 15) is 4.79 Å². The molecule has 5 nitrogen and oxygen atoms in total. The van der Waals surface area contributed by atoms with Gasteiger partial charge in [0.2, 0.25) is 0 Å². The van der Waals surface area contributed by atoms with Gasteiger partial charge in [-0.25, -0.2) is 4.79 Å². The highest BCUT2D eigenvalue weighted by molar-refractivity contribution is 5.98. The third kappa shape index (κ3) is 3.63. The molecular formula is C13H20N2O3. The van der Waals surface area contributed by atoms with Gasteiger partial charge in [0.1, 0.15) is 0 Å². The molecule has 0 aromatic heterocycles. The summed E-state index contributed by atoms with van der Waals surface area (Å²) in [5.41, 5.74) is 7.47. The average Bonchev–Trinajstić information content (AvgIpc) is 2.36. The van der Waals surface area contributed by atoms with E-state index in [2.05, 4.69) is 5.32 Å². The second-order valence-electron chi connectivity index (χ2n) is 4.20. The van der Waals surface area contributed by atoms with Crippen molar-refractivity contribution in [3.8, 4) is 0 Å². The number of rotatable bonds is 6. The summed E-state index contributed by atoms with van der Waals surface area (Å²) in [5, 5.41) is 3.18. The molecule has 0 spiro atoms. The number of benzene rings is 1. The van der Waals surface area contributed by atoms with E-state index >= 15 is 0 Å². The lowest BCUT2D eigenvalue weighted by Gasteiger charge is -2.16. The molecule has 0 aliphatic rings. The van der Waals surface area contributed by atoms with E-state index < -0.39 is 5.97 Å². The molecule has 100 valence electrons. The predicted octanol–water partition coefficient (Wildman–Crippen LogP) is 1.75. The van der Waals surface area contributed by atoms with Crippen LogP contribution in [0.15, 0.2) is 18.2 Å². The molecule has 1 unspecified atom stereocenters. The van der Waals surface area contributed by atoms with Gasteiger partial charge < -0.3 is 20.5 Å². The van der Waals surface area contributed by atoms with Gasteiger partial charge in [0.15, 0.2) is 0 Å². The lowest BCUT2D eigenvalue weighted by molar-refractivity contribution is 0.0602. The van der Waals surface area contributed by atoms with Gasteiger partial charge in [0.05, 0.1) is 30.7 Å². The van der Waals surface area contributed by atoms with Crippen molar-refractivity contribution in [1.82, 2.24) is 0 Å². The van der Waals surface area contributed by atoms with Gasteiger partial charge in [-0.15, -0.1) is 0 Å². The Morgan fingerprint density at radius 2 is 2.17 bits per heavy atom. The molecule has 0 amide bonds. The first-order valence-corrected chi connectivity index (χ1v) is 5.79. The number of methoxy groups -OCH3 is 2. The molecule has 1 aromatic rings. The van der Waals surface area contributed by atoms with Crippen LogP contribution in [0.4, 0.5) is 11.4 Å². The average molecular weight is 252 g/mol. The van der Waals surface area contributed by atoms with Gasteiger partial charge in [-0.05, 0) is 18.1 Å².